The number of aromatic nitrogens is 3. The van der Waals surface area contributed by atoms with Crippen molar-refractivity contribution in [2.45, 2.75) is 38.6 Å². The zero-order chi connectivity index (χ0) is 18.6. The van der Waals surface area contributed by atoms with Gasteiger partial charge in [-0.3, -0.25) is 0 Å². The molecule has 1 N–H and O–H groups in total. The van der Waals surface area contributed by atoms with E-state index in [0.29, 0.717) is 23.3 Å². The predicted molar refractivity (Wildman–Crippen MR) is 103 cm³/mol. The largest absolute Gasteiger partial charge is 0.369 e. The van der Waals surface area contributed by atoms with Crippen molar-refractivity contribution in [3.05, 3.63) is 36.4 Å². The quantitative estimate of drug-likeness (QED) is 0.660. The number of nitrogens with one attached hydrogen (secondary N) is 1. The molecule has 0 unspecified atom stereocenters. The Morgan fingerprint density at radius 1 is 1.22 bits per heavy atom. The Morgan fingerprint density at radius 3 is 2.89 bits per heavy atom. The lowest BCUT2D eigenvalue weighted by Gasteiger charge is -2.33. The van der Waals surface area contributed by atoms with E-state index in [9.17, 15) is 4.39 Å². The second-order valence-corrected chi connectivity index (χ2v) is 7.10. The molecule has 0 bridgehead atoms. The summed E-state index contributed by atoms with van der Waals surface area (Å²) < 4.78 is 18.6. The van der Waals surface area contributed by atoms with Gasteiger partial charge in [-0.05, 0) is 57.0 Å². The molecule has 1 aromatic carbocycles. The molecular weight excluding hydrogens is 345 g/mol. The fourth-order valence-electron chi connectivity index (χ4n) is 3.70. The van der Waals surface area contributed by atoms with Crippen molar-refractivity contribution in [2.24, 2.45) is 0 Å². The van der Waals surface area contributed by atoms with Crippen LogP contribution in [0.15, 0.2) is 35.1 Å². The van der Waals surface area contributed by atoms with Gasteiger partial charge >= 0.3 is 0 Å². The van der Waals surface area contributed by atoms with Crippen LogP contribution >= 0.6 is 0 Å². The Balaban J connectivity index is 1.47. The van der Waals surface area contributed by atoms with Gasteiger partial charge in [-0.15, -0.1) is 0 Å². The molecule has 0 aliphatic carbocycles. The molecule has 3 heterocycles. The number of hydrogen-bond acceptors (Lipinski definition) is 6. The number of anilines is 1. The molecule has 142 valence electrons. The van der Waals surface area contributed by atoms with Gasteiger partial charge in [0.15, 0.2) is 0 Å². The highest BCUT2D eigenvalue weighted by atomic mass is 19.1. The molecule has 0 amide bonds. The van der Waals surface area contributed by atoms with Gasteiger partial charge in [0, 0.05) is 24.7 Å². The highest BCUT2D eigenvalue weighted by Crippen LogP contribution is 2.31. The van der Waals surface area contributed by atoms with Crippen LogP contribution in [-0.2, 0) is 0 Å². The fraction of sp³-hybridized carbons (Fsp3) is 0.450. The number of hydrogen-bond donors (Lipinski definition) is 1. The molecule has 7 heteroatoms. The molecule has 1 saturated heterocycles. The lowest BCUT2D eigenvalue weighted by atomic mass is 10.0. The van der Waals surface area contributed by atoms with Crippen LogP contribution in [0.4, 0.5) is 10.2 Å². The number of halogens is 1. The van der Waals surface area contributed by atoms with Crippen molar-refractivity contribution in [1.82, 2.24) is 20.0 Å². The van der Waals surface area contributed by atoms with Crippen molar-refractivity contribution in [2.75, 3.05) is 25.0 Å². The third kappa shape index (κ3) is 3.93. The third-order valence-electron chi connectivity index (χ3n) is 5.25. The van der Waals surface area contributed by atoms with Gasteiger partial charge in [-0.1, -0.05) is 11.6 Å². The summed E-state index contributed by atoms with van der Waals surface area (Å²) in [6.45, 7) is 5.40. The monoisotopic (exact) mass is 369 g/mol. The average molecular weight is 369 g/mol. The molecule has 27 heavy (non-hydrogen) atoms. The first-order chi connectivity index (χ1) is 13.2. The molecule has 3 aromatic rings. The molecule has 1 fully saturated rings. The van der Waals surface area contributed by atoms with Gasteiger partial charge in [0.05, 0.1) is 0 Å². The van der Waals surface area contributed by atoms with Gasteiger partial charge < -0.3 is 14.7 Å². The molecule has 1 aliphatic rings. The third-order valence-corrected chi connectivity index (χ3v) is 5.25. The van der Waals surface area contributed by atoms with Crippen molar-refractivity contribution in [1.29, 1.82) is 0 Å². The first kappa shape index (κ1) is 17.9. The van der Waals surface area contributed by atoms with Gasteiger partial charge in [0.25, 0.3) is 5.71 Å². The lowest BCUT2D eigenvalue weighted by molar-refractivity contribution is 0.160. The van der Waals surface area contributed by atoms with E-state index in [4.69, 9.17) is 4.52 Å². The van der Waals surface area contributed by atoms with E-state index in [2.05, 4.69) is 32.3 Å². The molecule has 6 nitrogen and oxygen atoms in total. The first-order valence-electron chi connectivity index (χ1n) is 9.56. The van der Waals surface area contributed by atoms with Gasteiger partial charge in [0.2, 0.25) is 0 Å². The minimum absolute atomic E-state index is 0.284. The fourth-order valence-corrected chi connectivity index (χ4v) is 3.70. The molecule has 1 atom stereocenters. The van der Waals surface area contributed by atoms with Gasteiger partial charge in [0.1, 0.15) is 29.0 Å². The van der Waals surface area contributed by atoms with Crippen LogP contribution in [0.1, 0.15) is 32.6 Å². The summed E-state index contributed by atoms with van der Waals surface area (Å²) in [6.07, 6.45) is 6.44. The Morgan fingerprint density at radius 2 is 2.07 bits per heavy atom. The average Bonchev–Trinajstić information content (AvgIpc) is 3.12. The highest BCUT2D eigenvalue weighted by molar-refractivity contribution is 5.97. The van der Waals surface area contributed by atoms with E-state index < -0.39 is 0 Å². The van der Waals surface area contributed by atoms with E-state index in [1.165, 1.54) is 44.3 Å². The van der Waals surface area contributed by atoms with E-state index in [-0.39, 0.29) is 5.82 Å². The standard InChI is InChI=1S/C20H24FN5O/c1-14-5-2-3-11-26(14)12-4-10-22-19-17-18(15-6-8-16(21)9-7-15)25-27-20(17)24-13-23-19/h6-9,13-14H,2-5,10-12H2,1H3,(H,22,23,24)/t14-/m0/s1. The molecule has 0 saturated carbocycles. The Bertz CT molecular complexity index is 895. The van der Waals surface area contributed by atoms with Crippen molar-refractivity contribution in [3.8, 4) is 11.3 Å². The molecular formula is C20H24FN5O. The molecule has 1 aliphatic heterocycles. The molecule has 2 aromatic heterocycles. The Hall–Kier alpha value is -2.54. The lowest BCUT2D eigenvalue weighted by Crippen LogP contribution is -2.38. The smallest absolute Gasteiger partial charge is 0.263 e. The summed E-state index contributed by atoms with van der Waals surface area (Å²) in [5, 5.41) is 8.25. The topological polar surface area (TPSA) is 67.1 Å². The molecule has 4 rings (SSSR count). The van der Waals surface area contributed by atoms with Gasteiger partial charge in [-0.2, -0.15) is 4.98 Å². The summed E-state index contributed by atoms with van der Waals surface area (Å²) >= 11 is 0. The van der Waals surface area contributed by atoms with E-state index in [1.807, 2.05) is 0 Å². The van der Waals surface area contributed by atoms with Crippen LogP contribution < -0.4 is 5.32 Å². The SMILES string of the molecule is C[C@H]1CCCCN1CCCNc1ncnc2onc(-c3ccc(F)cc3)c12. The maximum absolute atomic E-state index is 13.2. The van der Waals surface area contributed by atoms with Crippen LogP contribution in [0.2, 0.25) is 0 Å². The minimum atomic E-state index is -0.284. The van der Waals surface area contributed by atoms with Crippen molar-refractivity contribution >= 4 is 16.9 Å². The first-order valence-corrected chi connectivity index (χ1v) is 9.56. The Kier molecular flexibility index (Phi) is 5.29. The predicted octanol–water partition coefficient (Wildman–Crippen LogP) is 4.10. The minimum Gasteiger partial charge on any atom is -0.369 e. The summed E-state index contributed by atoms with van der Waals surface area (Å²) in [6, 6.07) is 6.86. The highest BCUT2D eigenvalue weighted by Gasteiger charge is 2.18. The number of fused-ring (bicyclic) bond motifs is 1. The van der Waals surface area contributed by atoms with Gasteiger partial charge in [-0.25, -0.2) is 9.37 Å². The van der Waals surface area contributed by atoms with Crippen LogP contribution in [0.3, 0.4) is 0 Å². The number of nitrogens with zero attached hydrogens (tertiary/aromatic N) is 4. The zero-order valence-electron chi connectivity index (χ0n) is 15.5. The maximum atomic E-state index is 13.2. The summed E-state index contributed by atoms with van der Waals surface area (Å²) in [5.41, 5.74) is 1.82. The molecule has 0 spiro atoms. The number of piperidine rings is 1. The maximum Gasteiger partial charge on any atom is 0.263 e. The van der Waals surface area contributed by atoms with Crippen molar-refractivity contribution in [3.63, 3.8) is 0 Å². The second-order valence-electron chi connectivity index (χ2n) is 7.10. The summed E-state index contributed by atoms with van der Waals surface area (Å²) in [5.74, 6) is 0.417. The number of benzene rings is 1. The molecule has 0 radical (unpaired) electrons. The van der Waals surface area contributed by atoms with E-state index >= 15 is 0 Å². The van der Waals surface area contributed by atoms with Crippen molar-refractivity contribution < 1.29 is 8.91 Å². The number of rotatable bonds is 6. The van der Waals surface area contributed by atoms with Crippen LogP contribution in [0.25, 0.3) is 22.4 Å². The van der Waals surface area contributed by atoms with Crippen LogP contribution in [0.5, 0.6) is 0 Å². The van der Waals surface area contributed by atoms with Crippen LogP contribution in [-0.4, -0.2) is 45.7 Å². The zero-order valence-corrected chi connectivity index (χ0v) is 15.5. The number of likely N-dealkylation sites (tertiary alicyclic amines) is 1. The van der Waals surface area contributed by atoms with Crippen LogP contribution in [0, 0.1) is 5.82 Å². The summed E-state index contributed by atoms with van der Waals surface area (Å²) in [4.78, 5) is 11.1. The summed E-state index contributed by atoms with van der Waals surface area (Å²) in [7, 11) is 0. The van der Waals surface area contributed by atoms with E-state index in [0.717, 1.165) is 30.5 Å². The Labute approximate surface area is 157 Å². The normalized spacial score (nSPS) is 18.1. The van der Waals surface area contributed by atoms with E-state index in [1.54, 1.807) is 12.1 Å². The second kappa shape index (κ2) is 8.00.